The first-order chi connectivity index (χ1) is 13.5. The lowest BCUT2D eigenvalue weighted by atomic mass is 10.1. The van der Waals surface area contributed by atoms with Gasteiger partial charge in [0.2, 0.25) is 5.91 Å². The van der Waals surface area contributed by atoms with Crippen LogP contribution in [0.15, 0.2) is 54.6 Å². The number of hydrogen-bond acceptors (Lipinski definition) is 5. The predicted octanol–water partition coefficient (Wildman–Crippen LogP) is 2.35. The number of amides is 3. The van der Waals surface area contributed by atoms with Crippen LogP contribution >= 0.6 is 0 Å². The molecule has 0 radical (unpaired) electrons. The molecule has 0 bridgehead atoms. The molecular formula is C21H18N2O5. The van der Waals surface area contributed by atoms with Crippen molar-refractivity contribution in [3.05, 3.63) is 71.3 Å². The largest absolute Gasteiger partial charge is 0.338 e. The fraction of sp³-hybridized carbons (Fsp3) is 0.238. The third kappa shape index (κ3) is 2.94. The van der Waals surface area contributed by atoms with E-state index >= 15 is 0 Å². The Morgan fingerprint density at radius 2 is 1.54 bits per heavy atom. The average molecular weight is 378 g/mol. The smallest absolute Gasteiger partial charge is 0.335 e. The molecule has 7 heteroatoms. The van der Waals surface area contributed by atoms with Gasteiger partial charge in [-0.3, -0.25) is 14.4 Å². The van der Waals surface area contributed by atoms with Gasteiger partial charge in [-0.25, -0.2) is 4.79 Å². The fourth-order valence-electron chi connectivity index (χ4n) is 3.59. The van der Waals surface area contributed by atoms with Crippen LogP contribution in [0.2, 0.25) is 0 Å². The van der Waals surface area contributed by atoms with Crippen LogP contribution in [-0.4, -0.2) is 40.2 Å². The summed E-state index contributed by atoms with van der Waals surface area (Å²) in [6.07, 6.45) is -0.0147. The molecule has 28 heavy (non-hydrogen) atoms. The molecule has 2 unspecified atom stereocenters. The molecule has 0 aliphatic carbocycles. The molecule has 2 aliphatic heterocycles. The lowest BCUT2D eigenvalue weighted by Gasteiger charge is -2.25. The molecular weight excluding hydrogens is 360 g/mol. The summed E-state index contributed by atoms with van der Waals surface area (Å²) < 4.78 is 0. The molecule has 142 valence electrons. The first-order valence-corrected chi connectivity index (χ1v) is 9.01. The Kier molecular flexibility index (Phi) is 4.43. The van der Waals surface area contributed by atoms with Crippen molar-refractivity contribution in [2.75, 3.05) is 6.54 Å². The van der Waals surface area contributed by atoms with E-state index in [4.69, 9.17) is 4.84 Å². The van der Waals surface area contributed by atoms with Crippen LogP contribution in [0.4, 0.5) is 0 Å². The van der Waals surface area contributed by atoms with Gasteiger partial charge in [0.1, 0.15) is 0 Å². The lowest BCUT2D eigenvalue weighted by molar-refractivity contribution is -0.173. The standard InChI is InChI=1S/C21H18N2O5/c1-13(14-7-3-2-4-8-14)22-12-15(11-18(22)24)21(27)28-23-19(25)16-9-5-6-10-17(16)20(23)26/h2-10,13,15H,11-12H2,1H3. The molecule has 2 atom stereocenters. The summed E-state index contributed by atoms with van der Waals surface area (Å²) in [5.74, 6) is -3.00. The molecule has 1 saturated heterocycles. The van der Waals surface area contributed by atoms with Crippen molar-refractivity contribution in [3.63, 3.8) is 0 Å². The highest BCUT2D eigenvalue weighted by molar-refractivity contribution is 6.20. The summed E-state index contributed by atoms with van der Waals surface area (Å²) in [5, 5.41) is 0.487. The molecule has 4 rings (SSSR count). The minimum atomic E-state index is -0.759. The van der Waals surface area contributed by atoms with E-state index in [0.717, 1.165) is 5.56 Å². The summed E-state index contributed by atoms with van der Waals surface area (Å²) in [5.41, 5.74) is 1.36. The molecule has 1 fully saturated rings. The zero-order valence-electron chi connectivity index (χ0n) is 15.2. The summed E-state index contributed by atoms with van der Waals surface area (Å²) in [6, 6.07) is 15.6. The van der Waals surface area contributed by atoms with Gasteiger partial charge < -0.3 is 9.74 Å². The van der Waals surface area contributed by atoms with E-state index in [-0.39, 0.29) is 36.0 Å². The number of hydrogen-bond donors (Lipinski definition) is 0. The second-order valence-electron chi connectivity index (χ2n) is 6.89. The molecule has 2 aromatic carbocycles. The Hall–Kier alpha value is -3.48. The highest BCUT2D eigenvalue weighted by Gasteiger charge is 2.43. The Labute approximate surface area is 161 Å². The van der Waals surface area contributed by atoms with Gasteiger partial charge in [0.25, 0.3) is 11.8 Å². The van der Waals surface area contributed by atoms with Crippen LogP contribution in [0, 0.1) is 5.92 Å². The fourth-order valence-corrected chi connectivity index (χ4v) is 3.59. The number of carbonyl (C=O) groups is 4. The molecule has 0 saturated carbocycles. The van der Waals surface area contributed by atoms with Gasteiger partial charge in [-0.05, 0) is 24.6 Å². The number of imide groups is 1. The van der Waals surface area contributed by atoms with Crippen molar-refractivity contribution < 1.29 is 24.0 Å². The van der Waals surface area contributed by atoms with Crippen LogP contribution in [0.5, 0.6) is 0 Å². The molecule has 0 spiro atoms. The number of carbonyl (C=O) groups excluding carboxylic acids is 4. The lowest BCUT2D eigenvalue weighted by Crippen LogP contribution is -2.36. The molecule has 7 nitrogen and oxygen atoms in total. The molecule has 2 aliphatic rings. The van der Waals surface area contributed by atoms with E-state index in [9.17, 15) is 19.2 Å². The van der Waals surface area contributed by atoms with Gasteiger partial charge in [0, 0.05) is 13.0 Å². The number of nitrogens with zero attached hydrogens (tertiary/aromatic N) is 2. The Morgan fingerprint density at radius 1 is 0.964 bits per heavy atom. The molecule has 2 aromatic rings. The number of benzene rings is 2. The van der Waals surface area contributed by atoms with Crippen molar-refractivity contribution in [3.8, 4) is 0 Å². The normalized spacial score (nSPS) is 19.8. The number of hydroxylamine groups is 2. The number of fused-ring (bicyclic) bond motifs is 1. The van der Waals surface area contributed by atoms with Gasteiger partial charge in [0.05, 0.1) is 23.1 Å². The van der Waals surface area contributed by atoms with Crippen LogP contribution < -0.4 is 0 Å². The van der Waals surface area contributed by atoms with Crippen molar-refractivity contribution in [2.24, 2.45) is 5.92 Å². The van der Waals surface area contributed by atoms with Gasteiger partial charge in [-0.1, -0.05) is 47.5 Å². The van der Waals surface area contributed by atoms with Gasteiger partial charge in [-0.15, -0.1) is 0 Å². The van der Waals surface area contributed by atoms with Crippen LogP contribution in [0.3, 0.4) is 0 Å². The topological polar surface area (TPSA) is 84.0 Å². The Balaban J connectivity index is 1.45. The second kappa shape index (κ2) is 6.92. The summed E-state index contributed by atoms with van der Waals surface area (Å²) in [6.45, 7) is 2.07. The van der Waals surface area contributed by atoms with Crippen molar-refractivity contribution in [2.45, 2.75) is 19.4 Å². The monoisotopic (exact) mass is 378 g/mol. The van der Waals surface area contributed by atoms with Crippen LogP contribution in [0.1, 0.15) is 45.7 Å². The van der Waals surface area contributed by atoms with Gasteiger partial charge in [-0.2, -0.15) is 0 Å². The minimum absolute atomic E-state index is 0.0147. The average Bonchev–Trinajstić information content (AvgIpc) is 3.22. The predicted molar refractivity (Wildman–Crippen MR) is 97.7 cm³/mol. The van der Waals surface area contributed by atoms with Gasteiger partial charge in [0.15, 0.2) is 0 Å². The summed E-state index contributed by atoms with van der Waals surface area (Å²) >= 11 is 0. The van der Waals surface area contributed by atoms with E-state index in [1.165, 1.54) is 12.1 Å². The number of rotatable bonds is 4. The van der Waals surface area contributed by atoms with Crippen molar-refractivity contribution in [1.29, 1.82) is 0 Å². The van der Waals surface area contributed by atoms with E-state index in [1.807, 2.05) is 37.3 Å². The minimum Gasteiger partial charge on any atom is -0.335 e. The van der Waals surface area contributed by atoms with Crippen LogP contribution in [0.25, 0.3) is 0 Å². The molecule has 2 heterocycles. The maximum Gasteiger partial charge on any atom is 0.338 e. The quantitative estimate of drug-likeness (QED) is 0.763. The SMILES string of the molecule is CC(c1ccccc1)N1CC(C(=O)ON2C(=O)c3ccccc3C2=O)CC1=O. The zero-order chi connectivity index (χ0) is 19.8. The number of likely N-dealkylation sites (tertiary alicyclic amines) is 1. The van der Waals surface area contributed by atoms with Crippen molar-refractivity contribution >= 4 is 23.7 Å². The van der Waals surface area contributed by atoms with E-state index < -0.39 is 23.7 Å². The van der Waals surface area contributed by atoms with E-state index in [1.54, 1.807) is 17.0 Å². The third-order valence-corrected chi connectivity index (χ3v) is 5.18. The summed E-state index contributed by atoms with van der Waals surface area (Å²) in [4.78, 5) is 56.3. The van der Waals surface area contributed by atoms with E-state index in [2.05, 4.69) is 0 Å². The third-order valence-electron chi connectivity index (χ3n) is 5.18. The summed E-state index contributed by atoms with van der Waals surface area (Å²) in [7, 11) is 0. The first kappa shape index (κ1) is 17.9. The van der Waals surface area contributed by atoms with Crippen molar-refractivity contribution in [1.82, 2.24) is 9.96 Å². The maximum atomic E-state index is 12.5. The second-order valence-corrected chi connectivity index (χ2v) is 6.89. The van der Waals surface area contributed by atoms with E-state index in [0.29, 0.717) is 5.06 Å². The molecule has 0 aromatic heterocycles. The highest BCUT2D eigenvalue weighted by atomic mass is 16.7. The Bertz CT molecular complexity index is 937. The zero-order valence-corrected chi connectivity index (χ0v) is 15.2. The first-order valence-electron chi connectivity index (χ1n) is 9.01. The highest BCUT2D eigenvalue weighted by Crippen LogP contribution is 2.30. The van der Waals surface area contributed by atoms with Gasteiger partial charge >= 0.3 is 5.97 Å². The molecule has 0 N–H and O–H groups in total. The van der Waals surface area contributed by atoms with Crippen LogP contribution in [-0.2, 0) is 14.4 Å². The molecule has 3 amide bonds. The maximum absolute atomic E-state index is 12.5. The Morgan fingerprint density at radius 3 is 2.14 bits per heavy atom.